The molecule has 1 heterocycles. The third-order valence-electron chi connectivity index (χ3n) is 4.46. The monoisotopic (exact) mass is 391 g/mol. The summed E-state index contributed by atoms with van der Waals surface area (Å²) < 4.78 is 14.0. The van der Waals surface area contributed by atoms with E-state index in [1.54, 1.807) is 12.1 Å². The van der Waals surface area contributed by atoms with Gasteiger partial charge in [-0.15, -0.1) is 0 Å². The quantitative estimate of drug-likeness (QED) is 0.317. The number of hydrogen-bond donors (Lipinski definition) is 3. The van der Waals surface area contributed by atoms with Gasteiger partial charge < -0.3 is 15.4 Å². The zero-order valence-corrected chi connectivity index (χ0v) is 16.1. The first-order chi connectivity index (χ1) is 13.5. The summed E-state index contributed by atoms with van der Waals surface area (Å²) in [6.07, 6.45) is 1.59. The number of nitrogens with one attached hydrogen (secondary N) is 2. The maximum Gasteiger partial charge on any atom is 0.331 e. The van der Waals surface area contributed by atoms with E-state index >= 15 is 0 Å². The van der Waals surface area contributed by atoms with E-state index in [1.165, 1.54) is 18.3 Å². The molecular formula is C19H26FN5O3. The summed E-state index contributed by atoms with van der Waals surface area (Å²) in [5.41, 5.74) is 2.10. The second kappa shape index (κ2) is 10.4. The minimum Gasteiger partial charge on any atom is -0.494 e. The van der Waals surface area contributed by atoms with Crippen LogP contribution in [0.3, 0.4) is 0 Å². The highest BCUT2D eigenvalue weighted by molar-refractivity contribution is 5.81. The summed E-state index contributed by atoms with van der Waals surface area (Å²) in [5, 5.41) is 14.3. The Balaban J connectivity index is 2.07. The predicted molar refractivity (Wildman–Crippen MR) is 106 cm³/mol. The lowest BCUT2D eigenvalue weighted by Crippen LogP contribution is -2.33. The molecular weight excluding hydrogens is 365 g/mol. The van der Waals surface area contributed by atoms with Crippen molar-refractivity contribution in [2.45, 2.75) is 26.8 Å². The zero-order chi connectivity index (χ0) is 20.5. The standard InChI is InChI=1S/C19H26FN5O3/c1-3-24(4-2)12-10-21-22-13-16-17(26)23-19(28)25(18(16)27)11-9-14-5-7-15(20)8-6-14/h5-8,13,21,27H,3-4,9-12H2,1-2H3,(H,23,26,28)/b22-13+. The van der Waals surface area contributed by atoms with Gasteiger partial charge in [-0.25, -0.2) is 9.18 Å². The van der Waals surface area contributed by atoms with Gasteiger partial charge in [-0.1, -0.05) is 26.0 Å². The van der Waals surface area contributed by atoms with Crippen LogP contribution in [0, 0.1) is 5.82 Å². The summed E-state index contributed by atoms with van der Waals surface area (Å²) in [6, 6.07) is 5.86. The van der Waals surface area contributed by atoms with Crippen LogP contribution >= 0.6 is 0 Å². The molecule has 0 aliphatic carbocycles. The smallest absolute Gasteiger partial charge is 0.331 e. The fraction of sp³-hybridized carbons (Fsp3) is 0.421. The third kappa shape index (κ3) is 5.78. The van der Waals surface area contributed by atoms with Crippen molar-refractivity contribution in [3.8, 4) is 5.88 Å². The average molecular weight is 391 g/mol. The highest BCUT2D eigenvalue weighted by Gasteiger charge is 2.12. The Kier molecular flexibility index (Phi) is 7.94. The number of hydrogen-bond acceptors (Lipinski definition) is 6. The number of halogens is 1. The highest BCUT2D eigenvalue weighted by Crippen LogP contribution is 2.10. The molecule has 2 rings (SSSR count). The van der Waals surface area contributed by atoms with E-state index in [0.717, 1.165) is 29.8 Å². The Hall–Kier alpha value is -2.94. The molecule has 2 aromatic rings. The van der Waals surface area contributed by atoms with E-state index in [4.69, 9.17) is 0 Å². The normalized spacial score (nSPS) is 11.4. The topological polar surface area (TPSA) is 103 Å². The van der Waals surface area contributed by atoms with Crippen LogP contribution in [0.25, 0.3) is 0 Å². The SMILES string of the molecule is CCN(CC)CCN/N=C/c1c(O)n(CCc2ccc(F)cc2)c(=O)[nH]c1=O. The second-order valence-corrected chi connectivity index (χ2v) is 6.22. The van der Waals surface area contributed by atoms with Gasteiger partial charge in [0.2, 0.25) is 5.88 Å². The molecule has 3 N–H and O–H groups in total. The number of nitrogens with zero attached hydrogens (tertiary/aromatic N) is 3. The highest BCUT2D eigenvalue weighted by atomic mass is 19.1. The molecule has 0 atom stereocenters. The Labute approximate surface area is 162 Å². The van der Waals surface area contributed by atoms with Crippen molar-refractivity contribution in [3.05, 3.63) is 62.0 Å². The van der Waals surface area contributed by atoms with Crippen molar-refractivity contribution in [1.29, 1.82) is 0 Å². The molecule has 0 unspecified atom stereocenters. The van der Waals surface area contributed by atoms with Crippen LogP contribution in [0.4, 0.5) is 4.39 Å². The maximum absolute atomic E-state index is 13.0. The number of aromatic hydroxyl groups is 1. The van der Waals surface area contributed by atoms with Gasteiger partial charge >= 0.3 is 5.69 Å². The number of benzene rings is 1. The molecule has 0 aliphatic rings. The van der Waals surface area contributed by atoms with Crippen LogP contribution in [0.15, 0.2) is 39.0 Å². The van der Waals surface area contributed by atoms with Gasteiger partial charge in [0.25, 0.3) is 5.56 Å². The molecule has 0 saturated heterocycles. The number of hydrazone groups is 1. The number of aromatic nitrogens is 2. The molecule has 8 nitrogen and oxygen atoms in total. The van der Waals surface area contributed by atoms with Crippen molar-refractivity contribution < 1.29 is 9.50 Å². The van der Waals surface area contributed by atoms with E-state index < -0.39 is 17.1 Å². The molecule has 0 bridgehead atoms. The molecule has 0 radical (unpaired) electrons. The number of H-pyrrole nitrogens is 1. The molecule has 9 heteroatoms. The summed E-state index contributed by atoms with van der Waals surface area (Å²) >= 11 is 0. The molecule has 28 heavy (non-hydrogen) atoms. The van der Waals surface area contributed by atoms with E-state index in [1.807, 2.05) is 0 Å². The van der Waals surface area contributed by atoms with Crippen LogP contribution < -0.4 is 16.7 Å². The van der Waals surface area contributed by atoms with Crippen molar-refractivity contribution in [3.63, 3.8) is 0 Å². The van der Waals surface area contributed by atoms with Gasteiger partial charge in [0.05, 0.1) is 6.21 Å². The van der Waals surface area contributed by atoms with Crippen LogP contribution in [-0.2, 0) is 13.0 Å². The molecule has 1 aromatic heterocycles. The van der Waals surface area contributed by atoms with Crippen LogP contribution in [0.5, 0.6) is 5.88 Å². The summed E-state index contributed by atoms with van der Waals surface area (Å²) in [5.74, 6) is -0.801. The Morgan fingerprint density at radius 2 is 1.93 bits per heavy atom. The Morgan fingerprint density at radius 3 is 2.57 bits per heavy atom. The predicted octanol–water partition coefficient (Wildman–Crippen LogP) is 0.889. The number of likely N-dealkylation sites (N-methyl/N-ethyl adjacent to an activating group) is 1. The first-order valence-corrected chi connectivity index (χ1v) is 9.25. The number of rotatable bonds is 10. The van der Waals surface area contributed by atoms with E-state index in [0.29, 0.717) is 13.0 Å². The first kappa shape index (κ1) is 21.4. The largest absolute Gasteiger partial charge is 0.494 e. The number of aromatic amines is 1. The second-order valence-electron chi connectivity index (χ2n) is 6.22. The summed E-state index contributed by atoms with van der Waals surface area (Å²) in [7, 11) is 0. The lowest BCUT2D eigenvalue weighted by Gasteiger charge is -2.17. The average Bonchev–Trinajstić information content (AvgIpc) is 2.68. The van der Waals surface area contributed by atoms with Gasteiger partial charge in [-0.3, -0.25) is 14.3 Å². The minimum atomic E-state index is -0.713. The van der Waals surface area contributed by atoms with E-state index in [9.17, 15) is 19.1 Å². The fourth-order valence-corrected chi connectivity index (χ4v) is 2.71. The van der Waals surface area contributed by atoms with Crippen LogP contribution in [-0.4, -0.2) is 52.0 Å². The lowest BCUT2D eigenvalue weighted by molar-refractivity contribution is 0.303. The molecule has 0 aliphatic heterocycles. The number of aryl methyl sites for hydroxylation is 1. The molecule has 0 spiro atoms. The fourth-order valence-electron chi connectivity index (χ4n) is 2.71. The maximum atomic E-state index is 13.0. The van der Waals surface area contributed by atoms with Gasteiger partial charge in [-0.2, -0.15) is 5.10 Å². The Bertz CT molecular complexity index is 901. The molecule has 0 fully saturated rings. The molecule has 0 amide bonds. The summed E-state index contributed by atoms with van der Waals surface area (Å²) in [4.78, 5) is 28.4. The van der Waals surface area contributed by atoms with Crippen molar-refractivity contribution >= 4 is 6.21 Å². The third-order valence-corrected chi connectivity index (χ3v) is 4.46. The van der Waals surface area contributed by atoms with E-state index in [-0.39, 0.29) is 17.9 Å². The van der Waals surface area contributed by atoms with Crippen molar-refractivity contribution in [1.82, 2.24) is 19.9 Å². The van der Waals surface area contributed by atoms with Gasteiger partial charge in [0, 0.05) is 19.6 Å². The van der Waals surface area contributed by atoms with Gasteiger partial charge in [0.1, 0.15) is 11.4 Å². The van der Waals surface area contributed by atoms with E-state index in [2.05, 4.69) is 34.3 Å². The van der Waals surface area contributed by atoms with Crippen molar-refractivity contribution in [2.24, 2.45) is 5.10 Å². The zero-order valence-electron chi connectivity index (χ0n) is 16.1. The summed E-state index contributed by atoms with van der Waals surface area (Å²) in [6.45, 7) is 7.51. The molecule has 0 saturated carbocycles. The van der Waals surface area contributed by atoms with Gasteiger partial charge in [-0.05, 0) is 37.2 Å². The van der Waals surface area contributed by atoms with Crippen molar-refractivity contribution in [2.75, 3.05) is 26.2 Å². The Morgan fingerprint density at radius 1 is 1.25 bits per heavy atom. The molecule has 1 aromatic carbocycles. The van der Waals surface area contributed by atoms with Gasteiger partial charge in [0.15, 0.2) is 0 Å². The van der Waals surface area contributed by atoms with Crippen LogP contribution in [0.1, 0.15) is 25.0 Å². The molecule has 152 valence electrons. The minimum absolute atomic E-state index is 0.103. The van der Waals surface area contributed by atoms with Crippen LogP contribution in [0.2, 0.25) is 0 Å². The lowest BCUT2D eigenvalue weighted by atomic mass is 10.1. The first-order valence-electron chi connectivity index (χ1n) is 9.25.